The van der Waals surface area contributed by atoms with Gasteiger partial charge in [0.15, 0.2) is 5.78 Å². The van der Waals surface area contributed by atoms with Crippen molar-refractivity contribution in [1.82, 2.24) is 5.32 Å². The Balaban J connectivity index is 0.000000149. The summed E-state index contributed by atoms with van der Waals surface area (Å²) in [5.74, 6) is -0.157. The largest absolute Gasteiger partial charge is 0.399 e. The van der Waals surface area contributed by atoms with Crippen LogP contribution < -0.4 is 11.1 Å². The van der Waals surface area contributed by atoms with Gasteiger partial charge < -0.3 is 11.1 Å². The Kier molecular flexibility index (Phi) is 3.57. The number of carbonyl (C=O) groups is 2. The maximum atomic E-state index is 10.2. The lowest BCUT2D eigenvalue weighted by Gasteiger charge is -1.96. The standard InChI is InChI=1S/C10H9N.C4H5NO2/c11-10-6-5-8-3-1-2-4-9(8)7-10;6-3-1-4(7)5-2-3/h1-7H,11H2;1-2H2,(H,5,7). The van der Waals surface area contributed by atoms with Crippen LogP contribution in [-0.2, 0) is 9.59 Å². The van der Waals surface area contributed by atoms with Gasteiger partial charge in [-0.1, -0.05) is 30.3 Å². The van der Waals surface area contributed by atoms with Gasteiger partial charge in [0, 0.05) is 5.69 Å². The molecule has 2 aromatic rings. The summed E-state index contributed by atoms with van der Waals surface area (Å²) in [6, 6.07) is 14.1. The molecule has 0 saturated carbocycles. The maximum absolute atomic E-state index is 10.2. The highest BCUT2D eigenvalue weighted by molar-refractivity contribution is 6.05. The number of hydrogen-bond acceptors (Lipinski definition) is 3. The maximum Gasteiger partial charge on any atom is 0.227 e. The van der Waals surface area contributed by atoms with E-state index in [2.05, 4.69) is 17.4 Å². The summed E-state index contributed by atoms with van der Waals surface area (Å²) in [7, 11) is 0. The van der Waals surface area contributed by atoms with Crippen LogP contribution in [0, 0.1) is 0 Å². The highest BCUT2D eigenvalue weighted by Crippen LogP contribution is 2.15. The van der Waals surface area contributed by atoms with Crippen LogP contribution in [0.5, 0.6) is 0 Å². The zero-order chi connectivity index (χ0) is 13.0. The smallest absolute Gasteiger partial charge is 0.227 e. The van der Waals surface area contributed by atoms with E-state index >= 15 is 0 Å². The SMILES string of the molecule is Nc1ccc2ccccc2c1.O=C1CNC(=O)C1. The number of fused-ring (bicyclic) bond motifs is 1. The van der Waals surface area contributed by atoms with Crippen molar-refractivity contribution < 1.29 is 9.59 Å². The van der Waals surface area contributed by atoms with Crippen molar-refractivity contribution in [2.24, 2.45) is 0 Å². The molecule has 1 amide bonds. The highest BCUT2D eigenvalue weighted by Gasteiger charge is 2.16. The predicted molar refractivity (Wildman–Crippen MR) is 71.0 cm³/mol. The van der Waals surface area contributed by atoms with Gasteiger partial charge in [-0.15, -0.1) is 0 Å². The van der Waals surface area contributed by atoms with Crippen LogP contribution in [0.3, 0.4) is 0 Å². The van der Waals surface area contributed by atoms with E-state index in [1.165, 1.54) is 10.8 Å². The number of Topliss-reactive ketones (excluding diaryl/α,β-unsaturated/α-hetero) is 1. The number of nitrogens with one attached hydrogen (secondary N) is 1. The van der Waals surface area contributed by atoms with Gasteiger partial charge in [-0.05, 0) is 22.9 Å². The van der Waals surface area contributed by atoms with Crippen molar-refractivity contribution in [2.75, 3.05) is 12.3 Å². The molecule has 92 valence electrons. The second-order valence-corrected chi connectivity index (χ2v) is 4.10. The first-order valence-corrected chi connectivity index (χ1v) is 5.68. The summed E-state index contributed by atoms with van der Waals surface area (Å²) in [4.78, 5) is 20.3. The van der Waals surface area contributed by atoms with Crippen LogP contribution in [0.4, 0.5) is 5.69 Å². The minimum atomic E-state index is -0.148. The predicted octanol–water partition coefficient (Wildman–Crippen LogP) is 1.50. The number of nitrogens with two attached hydrogens (primary N) is 1. The topological polar surface area (TPSA) is 72.2 Å². The molecule has 4 heteroatoms. The van der Waals surface area contributed by atoms with Crippen molar-refractivity contribution in [1.29, 1.82) is 0 Å². The van der Waals surface area contributed by atoms with Crippen LogP contribution >= 0.6 is 0 Å². The first kappa shape index (κ1) is 12.1. The van der Waals surface area contributed by atoms with E-state index in [0.717, 1.165) is 5.69 Å². The molecular weight excluding hydrogens is 228 g/mol. The summed E-state index contributed by atoms with van der Waals surface area (Å²) in [5, 5.41) is 4.82. The van der Waals surface area contributed by atoms with Gasteiger partial charge in [-0.2, -0.15) is 0 Å². The Labute approximate surface area is 105 Å². The molecule has 1 saturated heterocycles. The molecule has 0 atom stereocenters. The second kappa shape index (κ2) is 5.31. The Hall–Kier alpha value is -2.36. The Morgan fingerprint density at radius 3 is 2.28 bits per heavy atom. The molecule has 1 aliphatic heterocycles. The van der Waals surface area contributed by atoms with Gasteiger partial charge in [0.05, 0.1) is 13.0 Å². The Morgan fingerprint density at radius 2 is 1.72 bits per heavy atom. The molecule has 0 radical (unpaired) electrons. The molecule has 0 unspecified atom stereocenters. The number of rotatable bonds is 0. The van der Waals surface area contributed by atoms with Crippen molar-refractivity contribution in [3.05, 3.63) is 42.5 Å². The lowest BCUT2D eigenvalue weighted by Crippen LogP contribution is -2.13. The van der Waals surface area contributed by atoms with Gasteiger partial charge in [-0.3, -0.25) is 9.59 Å². The van der Waals surface area contributed by atoms with E-state index in [4.69, 9.17) is 5.73 Å². The second-order valence-electron chi connectivity index (χ2n) is 4.10. The van der Waals surface area contributed by atoms with Crippen molar-refractivity contribution in [3.63, 3.8) is 0 Å². The number of amides is 1. The van der Waals surface area contributed by atoms with Gasteiger partial charge >= 0.3 is 0 Å². The fraction of sp³-hybridized carbons (Fsp3) is 0.143. The van der Waals surface area contributed by atoms with Crippen molar-refractivity contribution in [3.8, 4) is 0 Å². The summed E-state index contributed by atoms with van der Waals surface area (Å²) in [5.41, 5.74) is 6.45. The van der Waals surface area contributed by atoms with Gasteiger partial charge in [0.2, 0.25) is 5.91 Å². The third kappa shape index (κ3) is 3.07. The molecule has 0 aromatic heterocycles. The molecule has 2 aromatic carbocycles. The molecular formula is C14H14N2O2. The number of carbonyl (C=O) groups excluding carboxylic acids is 2. The van der Waals surface area contributed by atoms with E-state index in [9.17, 15) is 9.59 Å². The number of anilines is 1. The number of benzene rings is 2. The van der Waals surface area contributed by atoms with E-state index in [-0.39, 0.29) is 24.7 Å². The quantitative estimate of drug-likeness (QED) is 0.543. The fourth-order valence-electron chi connectivity index (χ4n) is 1.71. The van der Waals surface area contributed by atoms with Crippen LogP contribution in [0.25, 0.3) is 10.8 Å². The van der Waals surface area contributed by atoms with E-state index in [0.29, 0.717) is 0 Å². The van der Waals surface area contributed by atoms with E-state index in [1.54, 1.807) is 0 Å². The number of nitrogen functional groups attached to an aromatic ring is 1. The Bertz CT molecular complexity index is 579. The fourth-order valence-corrected chi connectivity index (χ4v) is 1.71. The first-order valence-electron chi connectivity index (χ1n) is 5.68. The van der Waals surface area contributed by atoms with Crippen molar-refractivity contribution in [2.45, 2.75) is 6.42 Å². The minimum absolute atomic E-state index is 0.00926. The zero-order valence-electron chi connectivity index (χ0n) is 9.85. The lowest BCUT2D eigenvalue weighted by molar-refractivity contribution is -0.122. The molecule has 0 spiro atoms. The van der Waals surface area contributed by atoms with E-state index in [1.807, 2.05) is 30.3 Å². The molecule has 1 fully saturated rings. The molecule has 3 N–H and O–H groups in total. The summed E-state index contributed by atoms with van der Waals surface area (Å²) in [6.45, 7) is 0.235. The average molecular weight is 242 g/mol. The number of ketones is 1. The van der Waals surface area contributed by atoms with E-state index < -0.39 is 0 Å². The molecule has 0 bridgehead atoms. The van der Waals surface area contributed by atoms with Crippen LogP contribution in [0.1, 0.15) is 6.42 Å². The summed E-state index contributed by atoms with van der Waals surface area (Å²) in [6.07, 6.45) is 0.0833. The minimum Gasteiger partial charge on any atom is -0.399 e. The van der Waals surface area contributed by atoms with Gasteiger partial charge in [0.25, 0.3) is 0 Å². The van der Waals surface area contributed by atoms with Gasteiger partial charge in [-0.25, -0.2) is 0 Å². The van der Waals surface area contributed by atoms with Crippen LogP contribution in [-0.4, -0.2) is 18.2 Å². The third-order valence-electron chi connectivity index (χ3n) is 2.61. The zero-order valence-corrected chi connectivity index (χ0v) is 9.85. The van der Waals surface area contributed by atoms with Crippen molar-refractivity contribution >= 4 is 28.2 Å². The molecule has 4 nitrogen and oxygen atoms in total. The molecule has 1 heterocycles. The Morgan fingerprint density at radius 1 is 1.00 bits per heavy atom. The molecule has 1 aliphatic rings. The molecule has 0 aliphatic carbocycles. The normalized spacial score (nSPS) is 14.0. The van der Waals surface area contributed by atoms with Crippen LogP contribution in [0.15, 0.2) is 42.5 Å². The van der Waals surface area contributed by atoms with Gasteiger partial charge in [0.1, 0.15) is 0 Å². The van der Waals surface area contributed by atoms with Crippen LogP contribution in [0.2, 0.25) is 0 Å². The lowest BCUT2D eigenvalue weighted by atomic mass is 10.1. The summed E-state index contributed by atoms with van der Waals surface area (Å²) >= 11 is 0. The number of hydrogen-bond donors (Lipinski definition) is 2. The first-order chi connectivity index (χ1) is 8.65. The molecule has 3 rings (SSSR count). The highest BCUT2D eigenvalue weighted by atomic mass is 16.2. The average Bonchev–Trinajstić information content (AvgIpc) is 2.74. The third-order valence-corrected chi connectivity index (χ3v) is 2.61. The molecule has 18 heavy (non-hydrogen) atoms. The monoisotopic (exact) mass is 242 g/mol. The summed E-state index contributed by atoms with van der Waals surface area (Å²) < 4.78 is 0.